The second-order valence-corrected chi connectivity index (χ2v) is 16.9. The SMILES string of the molecule is COc1ncc(C(C)(C)N)c2cc(Cc3ccc4c(n3)[C@@H](C)[C@@H](C)OC4=O)ncc12.COc1ncc(C(C)(C)N)c2cc(Cc3ccc4c(n3)[C@H](C)[C@H](C)OC4=O)ncc12. The highest BCUT2D eigenvalue weighted by atomic mass is 16.5. The van der Waals surface area contributed by atoms with E-state index in [1.807, 2.05) is 79.7 Å². The Morgan fingerprint density at radius 1 is 0.567 bits per heavy atom. The molecule has 2 aliphatic rings. The summed E-state index contributed by atoms with van der Waals surface area (Å²) < 4.78 is 21.6. The summed E-state index contributed by atoms with van der Waals surface area (Å²) in [7, 11) is 3.18. The van der Waals surface area contributed by atoms with Gasteiger partial charge in [-0.15, -0.1) is 0 Å². The number of carbonyl (C=O) groups excluding carboxylic acids is 2. The van der Waals surface area contributed by atoms with E-state index in [-0.39, 0.29) is 36.0 Å². The van der Waals surface area contributed by atoms with Crippen molar-refractivity contribution in [3.63, 3.8) is 0 Å². The van der Waals surface area contributed by atoms with Crippen LogP contribution in [0, 0.1) is 0 Å². The lowest BCUT2D eigenvalue weighted by atomic mass is 9.92. The van der Waals surface area contributed by atoms with Gasteiger partial charge in [-0.2, -0.15) is 0 Å². The van der Waals surface area contributed by atoms with Crippen LogP contribution in [0.3, 0.4) is 0 Å². The maximum absolute atomic E-state index is 12.1. The molecule has 0 spiro atoms. The molecule has 2 aliphatic heterocycles. The van der Waals surface area contributed by atoms with Crippen LogP contribution in [0.4, 0.5) is 0 Å². The van der Waals surface area contributed by atoms with Crippen LogP contribution in [-0.4, -0.2) is 68.3 Å². The number of rotatable bonds is 8. The van der Waals surface area contributed by atoms with Crippen molar-refractivity contribution in [2.45, 2.75) is 103 Å². The summed E-state index contributed by atoms with van der Waals surface area (Å²) in [6.07, 6.45) is 7.75. The van der Waals surface area contributed by atoms with Gasteiger partial charge in [-0.05, 0) is 99.8 Å². The van der Waals surface area contributed by atoms with Crippen molar-refractivity contribution in [1.82, 2.24) is 29.9 Å². The molecule has 4 atom stereocenters. The number of aromatic nitrogens is 6. The molecular weight excluding hydrogens is 761 g/mol. The maximum Gasteiger partial charge on any atom is 0.340 e. The molecule has 0 saturated carbocycles. The first-order chi connectivity index (χ1) is 28.4. The van der Waals surface area contributed by atoms with Gasteiger partial charge < -0.3 is 30.4 Å². The molecule has 8 rings (SSSR count). The number of fused-ring (bicyclic) bond motifs is 4. The summed E-state index contributed by atoms with van der Waals surface area (Å²) in [4.78, 5) is 51.8. The first-order valence-electron chi connectivity index (χ1n) is 20.0. The minimum absolute atomic E-state index is 0.0437. The third-order valence-electron chi connectivity index (χ3n) is 11.3. The fraction of sp³-hybridized carbons (Fsp3) is 0.391. The average Bonchev–Trinajstić information content (AvgIpc) is 3.20. The number of cyclic esters (lactones) is 2. The molecule has 312 valence electrons. The molecule has 0 radical (unpaired) electrons. The fourth-order valence-corrected chi connectivity index (χ4v) is 7.61. The third kappa shape index (κ3) is 8.21. The smallest absolute Gasteiger partial charge is 0.340 e. The Hall–Kier alpha value is -6.12. The molecule has 0 aliphatic carbocycles. The van der Waals surface area contributed by atoms with Crippen molar-refractivity contribution in [3.8, 4) is 11.8 Å². The molecule has 0 saturated heterocycles. The molecule has 4 N–H and O–H groups in total. The standard InChI is InChI=1S/2C23H26N4O3/c2*1-12-13(2)30-22(28)16-7-6-14(27-20(12)16)8-15-9-17-18(10-25-15)21(29-5)26-11-19(17)23(3,4)24/h2*6-7,9-13H,8,24H2,1-5H3/t2*12-,13+/m10/s1. The number of esters is 2. The van der Waals surface area contributed by atoms with Gasteiger partial charge in [0.2, 0.25) is 11.8 Å². The Morgan fingerprint density at radius 2 is 0.950 bits per heavy atom. The second-order valence-electron chi connectivity index (χ2n) is 16.9. The fourth-order valence-electron chi connectivity index (χ4n) is 7.61. The summed E-state index contributed by atoms with van der Waals surface area (Å²) in [6.45, 7) is 15.6. The number of nitrogens with two attached hydrogens (primary N) is 2. The van der Waals surface area contributed by atoms with Crippen molar-refractivity contribution in [1.29, 1.82) is 0 Å². The van der Waals surface area contributed by atoms with Crippen molar-refractivity contribution < 1.29 is 28.5 Å². The van der Waals surface area contributed by atoms with Crippen molar-refractivity contribution in [3.05, 3.63) is 118 Å². The highest BCUT2D eigenvalue weighted by molar-refractivity contribution is 5.93. The Balaban J connectivity index is 0.000000181. The molecule has 0 fully saturated rings. The van der Waals surface area contributed by atoms with E-state index in [1.165, 1.54) is 0 Å². The van der Waals surface area contributed by atoms with Gasteiger partial charge in [-0.1, -0.05) is 13.8 Å². The van der Waals surface area contributed by atoms with Crippen LogP contribution < -0.4 is 20.9 Å². The van der Waals surface area contributed by atoms with Crippen LogP contribution in [0.2, 0.25) is 0 Å². The van der Waals surface area contributed by atoms with E-state index < -0.39 is 11.1 Å². The lowest BCUT2D eigenvalue weighted by molar-refractivity contribution is 0.0225. The topological polar surface area (TPSA) is 200 Å². The number of pyridine rings is 6. The van der Waals surface area contributed by atoms with Gasteiger partial charge in [0.1, 0.15) is 12.2 Å². The molecule has 0 amide bonds. The molecule has 14 nitrogen and oxygen atoms in total. The van der Waals surface area contributed by atoms with Crippen LogP contribution in [0.25, 0.3) is 21.5 Å². The lowest BCUT2D eigenvalue weighted by Crippen LogP contribution is -2.29. The molecule has 0 aromatic carbocycles. The Bertz CT molecular complexity index is 2460. The Kier molecular flexibility index (Phi) is 11.3. The van der Waals surface area contributed by atoms with Crippen LogP contribution >= 0.6 is 0 Å². The van der Waals surface area contributed by atoms with E-state index in [9.17, 15) is 9.59 Å². The van der Waals surface area contributed by atoms with Crippen molar-refractivity contribution in [2.24, 2.45) is 11.5 Å². The Morgan fingerprint density at radius 3 is 1.30 bits per heavy atom. The van der Waals surface area contributed by atoms with Crippen LogP contribution in [0.15, 0.2) is 61.2 Å². The highest BCUT2D eigenvalue weighted by Crippen LogP contribution is 2.35. The minimum atomic E-state index is -0.563. The number of ether oxygens (including phenoxy) is 4. The number of carbonyl (C=O) groups is 2. The number of nitrogens with zero attached hydrogens (tertiary/aromatic N) is 6. The lowest BCUT2D eigenvalue weighted by Gasteiger charge is -2.27. The van der Waals surface area contributed by atoms with E-state index in [2.05, 4.69) is 19.9 Å². The summed E-state index contributed by atoms with van der Waals surface area (Å²) in [5, 5.41) is 3.56. The van der Waals surface area contributed by atoms with E-state index in [0.717, 1.165) is 66.8 Å². The van der Waals surface area contributed by atoms with Gasteiger partial charge in [0.25, 0.3) is 0 Å². The zero-order chi connectivity index (χ0) is 43.3. The number of hydrogen-bond acceptors (Lipinski definition) is 14. The highest BCUT2D eigenvalue weighted by Gasteiger charge is 2.33. The van der Waals surface area contributed by atoms with Gasteiger partial charge in [-0.25, -0.2) is 19.6 Å². The average molecular weight is 813 g/mol. The predicted molar refractivity (Wildman–Crippen MR) is 227 cm³/mol. The first-order valence-corrected chi connectivity index (χ1v) is 20.0. The summed E-state index contributed by atoms with van der Waals surface area (Å²) in [5.41, 5.74) is 19.5. The second kappa shape index (κ2) is 16.1. The van der Waals surface area contributed by atoms with E-state index >= 15 is 0 Å². The molecule has 60 heavy (non-hydrogen) atoms. The van der Waals surface area contributed by atoms with Crippen LogP contribution in [-0.2, 0) is 33.4 Å². The minimum Gasteiger partial charge on any atom is -0.481 e. The molecular formula is C46H52N8O6. The van der Waals surface area contributed by atoms with Crippen LogP contribution in [0.1, 0.15) is 133 Å². The Labute approximate surface area is 349 Å². The normalized spacial score (nSPS) is 18.8. The zero-order valence-electron chi connectivity index (χ0n) is 35.8. The van der Waals surface area contributed by atoms with Gasteiger partial charge in [0.15, 0.2) is 0 Å². The molecule has 14 heteroatoms. The van der Waals surface area contributed by atoms with Crippen LogP contribution in [0.5, 0.6) is 11.8 Å². The van der Waals surface area contributed by atoms with E-state index in [4.69, 9.17) is 40.4 Å². The van der Waals surface area contributed by atoms with Gasteiger partial charge >= 0.3 is 11.9 Å². The predicted octanol–water partition coefficient (Wildman–Crippen LogP) is 6.96. The summed E-state index contributed by atoms with van der Waals surface area (Å²) >= 11 is 0. The third-order valence-corrected chi connectivity index (χ3v) is 11.3. The molecule has 0 bridgehead atoms. The first kappa shape index (κ1) is 42.0. The monoisotopic (exact) mass is 812 g/mol. The summed E-state index contributed by atoms with van der Waals surface area (Å²) in [5.74, 6) is 0.501. The maximum atomic E-state index is 12.1. The molecule has 0 unspecified atom stereocenters. The van der Waals surface area contributed by atoms with E-state index in [0.29, 0.717) is 35.7 Å². The molecule has 6 aromatic rings. The van der Waals surface area contributed by atoms with Crippen molar-refractivity contribution in [2.75, 3.05) is 14.2 Å². The molecule has 8 heterocycles. The van der Waals surface area contributed by atoms with Crippen molar-refractivity contribution >= 4 is 33.5 Å². The number of hydrogen-bond donors (Lipinski definition) is 2. The number of methoxy groups -OCH3 is 2. The quantitative estimate of drug-likeness (QED) is 0.149. The van der Waals surface area contributed by atoms with E-state index in [1.54, 1.807) is 51.1 Å². The van der Waals surface area contributed by atoms with Gasteiger partial charge in [0, 0.05) is 83.3 Å². The van der Waals surface area contributed by atoms with Gasteiger partial charge in [0.05, 0.1) is 47.5 Å². The zero-order valence-corrected chi connectivity index (χ0v) is 35.8. The molecule has 6 aromatic heterocycles. The van der Waals surface area contributed by atoms with Gasteiger partial charge in [-0.3, -0.25) is 19.9 Å². The largest absolute Gasteiger partial charge is 0.481 e. The summed E-state index contributed by atoms with van der Waals surface area (Å²) in [6, 6.07) is 11.3.